The van der Waals surface area contributed by atoms with Gasteiger partial charge in [0.05, 0.1) is 13.2 Å². The van der Waals surface area contributed by atoms with Crippen LogP contribution < -0.4 is 4.74 Å². The van der Waals surface area contributed by atoms with Crippen molar-refractivity contribution >= 4 is 11.5 Å². The van der Waals surface area contributed by atoms with Gasteiger partial charge in [0.25, 0.3) is 5.91 Å². The van der Waals surface area contributed by atoms with Gasteiger partial charge in [-0.1, -0.05) is 80.6 Å². The van der Waals surface area contributed by atoms with Crippen LogP contribution in [0.4, 0.5) is 0 Å². The Balaban J connectivity index is 1.79. The van der Waals surface area contributed by atoms with Crippen molar-refractivity contribution in [1.29, 1.82) is 0 Å². The number of ether oxygens (including phenoxy) is 1. The van der Waals surface area contributed by atoms with Gasteiger partial charge in [-0.05, 0) is 40.3 Å². The molecular formula is C27H27NO3. The number of methoxy groups -OCH3 is 1. The molecular weight excluding hydrogens is 386 g/mol. The van der Waals surface area contributed by atoms with Gasteiger partial charge in [-0.2, -0.15) is 0 Å². The minimum atomic E-state index is -0.373. The first-order valence-electron chi connectivity index (χ1n) is 10.5. The predicted molar refractivity (Wildman–Crippen MR) is 123 cm³/mol. The van der Waals surface area contributed by atoms with Gasteiger partial charge in [0.2, 0.25) is 0 Å². The summed E-state index contributed by atoms with van der Waals surface area (Å²) in [6.45, 7) is 4.73. The van der Waals surface area contributed by atoms with Crippen LogP contribution in [0.1, 0.15) is 48.1 Å². The van der Waals surface area contributed by atoms with Gasteiger partial charge in [0.1, 0.15) is 5.75 Å². The van der Waals surface area contributed by atoms with Crippen molar-refractivity contribution in [2.45, 2.75) is 32.4 Å². The Morgan fingerprint density at radius 3 is 2.16 bits per heavy atom. The first kappa shape index (κ1) is 20.7. The molecule has 0 unspecified atom stereocenters. The molecule has 1 atom stereocenters. The first-order chi connectivity index (χ1) is 15.0. The quantitative estimate of drug-likeness (QED) is 0.550. The zero-order valence-corrected chi connectivity index (χ0v) is 18.1. The van der Waals surface area contributed by atoms with E-state index in [1.54, 1.807) is 12.0 Å². The molecule has 0 saturated carbocycles. The maximum absolute atomic E-state index is 13.2. The fourth-order valence-corrected chi connectivity index (χ4v) is 4.07. The summed E-state index contributed by atoms with van der Waals surface area (Å²) in [5.74, 6) is 0.600. The lowest BCUT2D eigenvalue weighted by Gasteiger charge is -2.28. The summed E-state index contributed by atoms with van der Waals surface area (Å²) >= 11 is 0. The molecule has 3 aromatic rings. The zero-order valence-electron chi connectivity index (χ0n) is 18.1. The maximum atomic E-state index is 13.2. The minimum absolute atomic E-state index is 0.195. The number of aliphatic hydroxyl groups excluding tert-OH is 1. The molecule has 0 saturated heterocycles. The normalized spacial score (nSPS) is 16.3. The third-order valence-corrected chi connectivity index (χ3v) is 5.82. The molecule has 31 heavy (non-hydrogen) atoms. The van der Waals surface area contributed by atoms with Crippen LogP contribution in [0.2, 0.25) is 0 Å². The second-order valence-corrected chi connectivity index (χ2v) is 8.13. The van der Waals surface area contributed by atoms with Gasteiger partial charge >= 0.3 is 0 Å². The molecule has 0 aromatic heterocycles. The van der Waals surface area contributed by atoms with E-state index in [4.69, 9.17) is 4.74 Å². The highest BCUT2D eigenvalue weighted by atomic mass is 16.5. The number of hydrogen-bond donors (Lipinski definition) is 1. The van der Waals surface area contributed by atoms with Gasteiger partial charge in [0.15, 0.2) is 5.76 Å². The van der Waals surface area contributed by atoms with Crippen molar-refractivity contribution in [2.75, 3.05) is 7.11 Å². The Bertz CT molecular complexity index is 1080. The van der Waals surface area contributed by atoms with Crippen molar-refractivity contribution in [3.8, 4) is 5.75 Å². The van der Waals surface area contributed by atoms with E-state index in [1.807, 2.05) is 54.6 Å². The fourth-order valence-electron chi connectivity index (χ4n) is 4.07. The SMILES string of the molecule is COc1ccc(C2=C(O)C(=O)N(Cc3ccccc3)[C@H]2c2ccc(C(C)C)cc2)cc1. The summed E-state index contributed by atoms with van der Waals surface area (Å²) in [6, 6.07) is 25.3. The monoisotopic (exact) mass is 413 g/mol. The number of aliphatic hydroxyl groups is 1. The summed E-state index contributed by atoms with van der Waals surface area (Å²) in [4.78, 5) is 14.9. The Kier molecular flexibility index (Phi) is 5.81. The molecule has 0 radical (unpaired) electrons. The van der Waals surface area contributed by atoms with E-state index in [-0.39, 0.29) is 17.7 Å². The Labute approximate surface area is 183 Å². The molecule has 3 aromatic carbocycles. The predicted octanol–water partition coefficient (Wildman–Crippen LogP) is 5.87. The molecule has 1 heterocycles. The standard InChI is InChI=1S/C27H27NO3/c1-18(2)20-9-11-22(12-10-20)25-24(21-13-15-23(31-3)16-14-21)26(29)27(30)28(25)17-19-7-5-4-6-8-19/h4-16,18,25,29H,17H2,1-3H3/t25-/m0/s1. The topological polar surface area (TPSA) is 49.8 Å². The Morgan fingerprint density at radius 1 is 0.935 bits per heavy atom. The van der Waals surface area contributed by atoms with Crippen LogP contribution in [-0.4, -0.2) is 23.0 Å². The smallest absolute Gasteiger partial charge is 0.290 e. The number of amides is 1. The second kappa shape index (κ2) is 8.68. The number of hydrogen-bond acceptors (Lipinski definition) is 3. The van der Waals surface area contributed by atoms with E-state index in [0.29, 0.717) is 18.0 Å². The highest BCUT2D eigenvalue weighted by Crippen LogP contribution is 2.44. The number of carbonyl (C=O) groups excluding carboxylic acids is 1. The number of rotatable bonds is 6. The van der Waals surface area contributed by atoms with E-state index in [0.717, 1.165) is 22.4 Å². The highest BCUT2D eigenvalue weighted by molar-refractivity contribution is 6.05. The van der Waals surface area contributed by atoms with E-state index in [9.17, 15) is 9.90 Å². The van der Waals surface area contributed by atoms with Crippen LogP contribution in [-0.2, 0) is 11.3 Å². The molecule has 4 rings (SSSR count). The van der Waals surface area contributed by atoms with Crippen LogP contribution in [0.25, 0.3) is 5.57 Å². The molecule has 0 fully saturated rings. The number of benzene rings is 3. The molecule has 1 aliphatic heterocycles. The first-order valence-corrected chi connectivity index (χ1v) is 10.5. The third kappa shape index (κ3) is 4.06. The third-order valence-electron chi connectivity index (χ3n) is 5.82. The average molecular weight is 414 g/mol. The van der Waals surface area contributed by atoms with Crippen molar-refractivity contribution in [3.63, 3.8) is 0 Å². The summed E-state index contributed by atoms with van der Waals surface area (Å²) in [5, 5.41) is 10.9. The van der Waals surface area contributed by atoms with Crippen LogP contribution in [0, 0.1) is 0 Å². The van der Waals surface area contributed by atoms with Crippen molar-refractivity contribution < 1.29 is 14.6 Å². The molecule has 0 spiro atoms. The Morgan fingerprint density at radius 2 is 1.58 bits per heavy atom. The molecule has 1 aliphatic rings. The minimum Gasteiger partial charge on any atom is -0.503 e. The van der Waals surface area contributed by atoms with Crippen LogP contribution in [0.15, 0.2) is 84.6 Å². The van der Waals surface area contributed by atoms with Crippen molar-refractivity contribution in [1.82, 2.24) is 4.90 Å². The molecule has 1 amide bonds. The summed E-state index contributed by atoms with van der Waals surface area (Å²) < 4.78 is 5.27. The van der Waals surface area contributed by atoms with E-state index in [1.165, 1.54) is 5.56 Å². The second-order valence-electron chi connectivity index (χ2n) is 8.13. The van der Waals surface area contributed by atoms with E-state index < -0.39 is 0 Å². The molecule has 1 N–H and O–H groups in total. The molecule has 158 valence electrons. The van der Waals surface area contributed by atoms with Crippen LogP contribution in [0.3, 0.4) is 0 Å². The fraction of sp³-hybridized carbons (Fsp3) is 0.222. The lowest BCUT2D eigenvalue weighted by Crippen LogP contribution is -2.29. The largest absolute Gasteiger partial charge is 0.503 e. The van der Waals surface area contributed by atoms with Crippen molar-refractivity contribution in [3.05, 3.63) is 107 Å². The van der Waals surface area contributed by atoms with Crippen LogP contribution >= 0.6 is 0 Å². The molecule has 0 aliphatic carbocycles. The average Bonchev–Trinajstić information content (AvgIpc) is 3.05. The zero-order chi connectivity index (χ0) is 22.0. The maximum Gasteiger partial charge on any atom is 0.290 e. The van der Waals surface area contributed by atoms with Gasteiger partial charge in [0, 0.05) is 12.1 Å². The van der Waals surface area contributed by atoms with E-state index in [2.05, 4.69) is 38.1 Å². The lowest BCUT2D eigenvalue weighted by molar-refractivity contribution is -0.130. The highest BCUT2D eigenvalue weighted by Gasteiger charge is 2.41. The summed E-state index contributed by atoms with van der Waals surface area (Å²) in [5.41, 5.74) is 4.66. The van der Waals surface area contributed by atoms with Gasteiger partial charge in [-0.25, -0.2) is 0 Å². The van der Waals surface area contributed by atoms with Crippen LogP contribution in [0.5, 0.6) is 5.75 Å². The van der Waals surface area contributed by atoms with Gasteiger partial charge in [-0.3, -0.25) is 4.79 Å². The number of carbonyl (C=O) groups is 1. The molecule has 0 bridgehead atoms. The Hall–Kier alpha value is -3.53. The summed E-state index contributed by atoms with van der Waals surface area (Å²) in [7, 11) is 1.62. The van der Waals surface area contributed by atoms with E-state index >= 15 is 0 Å². The lowest BCUT2D eigenvalue weighted by atomic mass is 9.91. The van der Waals surface area contributed by atoms with Gasteiger partial charge < -0.3 is 14.7 Å². The molecule has 4 heteroatoms. The summed E-state index contributed by atoms with van der Waals surface area (Å²) in [6.07, 6.45) is 0. The van der Waals surface area contributed by atoms with Crippen molar-refractivity contribution in [2.24, 2.45) is 0 Å². The number of nitrogens with zero attached hydrogens (tertiary/aromatic N) is 1. The molecule has 4 nitrogen and oxygen atoms in total. The van der Waals surface area contributed by atoms with Gasteiger partial charge in [-0.15, -0.1) is 0 Å².